The highest BCUT2D eigenvalue weighted by Crippen LogP contribution is 2.35. The smallest absolute Gasteiger partial charge is 0.267 e. The minimum absolute atomic E-state index is 0.240. The largest absolute Gasteiger partial charge is 0.397 e. The summed E-state index contributed by atoms with van der Waals surface area (Å²) in [7, 11) is 0. The van der Waals surface area contributed by atoms with Crippen LogP contribution in [-0.2, 0) is 0 Å². The number of anilines is 2. The number of hydrogen-bond acceptors (Lipinski definition) is 4. The van der Waals surface area contributed by atoms with Crippen molar-refractivity contribution in [1.29, 1.82) is 0 Å². The number of fused-ring (bicyclic) bond motifs is 1. The molecular formula is C15H12ClN3OS. The number of carbonyl (C=O) groups excluding carboxylic acids is 1. The van der Waals surface area contributed by atoms with Gasteiger partial charge >= 0.3 is 0 Å². The predicted molar refractivity (Wildman–Crippen MR) is 88.2 cm³/mol. The molecule has 0 atom stereocenters. The van der Waals surface area contributed by atoms with E-state index in [1.54, 1.807) is 24.4 Å². The fourth-order valence-electron chi connectivity index (χ4n) is 1.99. The third kappa shape index (κ3) is 2.70. The molecule has 3 rings (SSSR count). The van der Waals surface area contributed by atoms with Crippen LogP contribution in [0.5, 0.6) is 0 Å². The summed E-state index contributed by atoms with van der Waals surface area (Å²) in [6.07, 6.45) is 1.62. The van der Waals surface area contributed by atoms with Gasteiger partial charge in [0.05, 0.1) is 17.6 Å². The lowest BCUT2D eigenvalue weighted by molar-refractivity contribution is 0.103. The summed E-state index contributed by atoms with van der Waals surface area (Å²) in [6.45, 7) is 1.89. The van der Waals surface area contributed by atoms with E-state index in [9.17, 15) is 4.79 Å². The molecule has 0 saturated carbocycles. The van der Waals surface area contributed by atoms with Gasteiger partial charge in [-0.1, -0.05) is 11.6 Å². The molecule has 0 aliphatic rings. The lowest BCUT2D eigenvalue weighted by atomic mass is 10.2. The van der Waals surface area contributed by atoms with Gasteiger partial charge in [-0.15, -0.1) is 11.3 Å². The molecule has 1 amide bonds. The SMILES string of the molecule is Cc1ccc(NC(=O)c2sc3ccc(Cl)cc3c2N)cn1. The number of nitrogen functional groups attached to an aromatic ring is 1. The molecule has 6 heteroatoms. The summed E-state index contributed by atoms with van der Waals surface area (Å²) in [5.41, 5.74) is 8.05. The number of carbonyl (C=O) groups is 1. The first-order valence-corrected chi connectivity index (χ1v) is 7.45. The molecule has 4 nitrogen and oxygen atoms in total. The second-order valence-corrected chi connectivity index (χ2v) is 6.12. The Balaban J connectivity index is 1.94. The summed E-state index contributed by atoms with van der Waals surface area (Å²) in [6, 6.07) is 9.06. The molecule has 0 saturated heterocycles. The van der Waals surface area contributed by atoms with Gasteiger partial charge in [-0.2, -0.15) is 0 Å². The van der Waals surface area contributed by atoms with Crippen LogP contribution in [0.2, 0.25) is 5.02 Å². The fourth-order valence-corrected chi connectivity index (χ4v) is 3.16. The summed E-state index contributed by atoms with van der Waals surface area (Å²) in [5, 5.41) is 4.20. The van der Waals surface area contributed by atoms with E-state index in [0.717, 1.165) is 15.8 Å². The van der Waals surface area contributed by atoms with E-state index in [0.29, 0.717) is 21.3 Å². The van der Waals surface area contributed by atoms with Gasteiger partial charge in [0, 0.05) is 20.8 Å². The van der Waals surface area contributed by atoms with Gasteiger partial charge in [0.1, 0.15) is 4.88 Å². The second kappa shape index (κ2) is 5.35. The minimum Gasteiger partial charge on any atom is -0.397 e. The Hall–Kier alpha value is -2.11. The number of thiophene rings is 1. The van der Waals surface area contributed by atoms with Crippen molar-refractivity contribution in [2.24, 2.45) is 0 Å². The van der Waals surface area contributed by atoms with Crippen LogP contribution < -0.4 is 11.1 Å². The summed E-state index contributed by atoms with van der Waals surface area (Å²) in [5.74, 6) is -0.240. The van der Waals surface area contributed by atoms with Gasteiger partial charge in [-0.25, -0.2) is 0 Å². The number of aryl methyl sites for hydroxylation is 1. The maximum atomic E-state index is 12.3. The van der Waals surface area contributed by atoms with E-state index in [4.69, 9.17) is 17.3 Å². The van der Waals surface area contributed by atoms with Crippen LogP contribution in [0.25, 0.3) is 10.1 Å². The lowest BCUT2D eigenvalue weighted by Crippen LogP contribution is -2.12. The molecule has 0 aliphatic heterocycles. The van der Waals surface area contributed by atoms with Crippen LogP contribution in [-0.4, -0.2) is 10.9 Å². The third-order valence-corrected chi connectivity index (χ3v) is 4.48. The van der Waals surface area contributed by atoms with Gasteiger partial charge in [0.25, 0.3) is 5.91 Å². The Morgan fingerprint density at radius 3 is 2.86 bits per heavy atom. The zero-order chi connectivity index (χ0) is 15.0. The van der Waals surface area contributed by atoms with Gasteiger partial charge in [0.2, 0.25) is 0 Å². The highest BCUT2D eigenvalue weighted by atomic mass is 35.5. The van der Waals surface area contributed by atoms with E-state index >= 15 is 0 Å². The van der Waals surface area contributed by atoms with Gasteiger partial charge in [0.15, 0.2) is 0 Å². The van der Waals surface area contributed by atoms with Crippen LogP contribution in [0, 0.1) is 6.92 Å². The predicted octanol–water partition coefficient (Wildman–Crippen LogP) is 4.09. The van der Waals surface area contributed by atoms with Crippen molar-refractivity contribution < 1.29 is 4.79 Å². The highest BCUT2D eigenvalue weighted by molar-refractivity contribution is 7.21. The van der Waals surface area contributed by atoms with Crippen LogP contribution in [0.1, 0.15) is 15.4 Å². The number of benzene rings is 1. The number of nitrogens with two attached hydrogens (primary N) is 1. The number of nitrogens with one attached hydrogen (secondary N) is 1. The third-order valence-electron chi connectivity index (χ3n) is 3.06. The first-order chi connectivity index (χ1) is 10.0. The Morgan fingerprint density at radius 1 is 1.33 bits per heavy atom. The van der Waals surface area contributed by atoms with Crippen molar-refractivity contribution in [1.82, 2.24) is 4.98 Å². The molecule has 0 bridgehead atoms. The van der Waals surface area contributed by atoms with Gasteiger partial charge in [-0.05, 0) is 37.3 Å². The van der Waals surface area contributed by atoms with E-state index in [1.807, 2.05) is 19.1 Å². The normalized spacial score (nSPS) is 10.8. The monoisotopic (exact) mass is 317 g/mol. The average molecular weight is 318 g/mol. The maximum absolute atomic E-state index is 12.3. The summed E-state index contributed by atoms with van der Waals surface area (Å²) >= 11 is 7.31. The first-order valence-electron chi connectivity index (χ1n) is 6.26. The molecule has 1 aromatic carbocycles. The summed E-state index contributed by atoms with van der Waals surface area (Å²) in [4.78, 5) is 17.0. The van der Waals surface area contributed by atoms with Crippen LogP contribution in [0.3, 0.4) is 0 Å². The van der Waals surface area contributed by atoms with E-state index in [1.165, 1.54) is 11.3 Å². The van der Waals surface area contributed by atoms with E-state index < -0.39 is 0 Å². The molecule has 0 aliphatic carbocycles. The molecule has 3 N–H and O–H groups in total. The fraction of sp³-hybridized carbons (Fsp3) is 0.0667. The molecular weight excluding hydrogens is 306 g/mol. The molecule has 2 aromatic heterocycles. The summed E-state index contributed by atoms with van der Waals surface area (Å²) < 4.78 is 0.934. The Morgan fingerprint density at radius 2 is 2.14 bits per heavy atom. The second-order valence-electron chi connectivity index (χ2n) is 4.63. The van der Waals surface area contributed by atoms with Crippen LogP contribution >= 0.6 is 22.9 Å². The van der Waals surface area contributed by atoms with Gasteiger partial charge < -0.3 is 11.1 Å². The quantitative estimate of drug-likeness (QED) is 0.748. The number of nitrogens with zero attached hydrogens (tertiary/aromatic N) is 1. The van der Waals surface area contributed by atoms with Crippen LogP contribution in [0.15, 0.2) is 36.5 Å². The molecule has 21 heavy (non-hydrogen) atoms. The minimum atomic E-state index is -0.240. The zero-order valence-corrected chi connectivity index (χ0v) is 12.8. The molecule has 0 unspecified atom stereocenters. The Labute approximate surface area is 130 Å². The number of aromatic nitrogens is 1. The Bertz CT molecular complexity index is 827. The van der Waals surface area contributed by atoms with E-state index in [-0.39, 0.29) is 5.91 Å². The number of amides is 1. The maximum Gasteiger partial charge on any atom is 0.267 e. The number of hydrogen-bond donors (Lipinski definition) is 2. The molecule has 106 valence electrons. The first kappa shape index (κ1) is 13.9. The molecule has 0 radical (unpaired) electrons. The Kier molecular flexibility index (Phi) is 3.53. The van der Waals surface area contributed by atoms with Crippen molar-refractivity contribution in [2.75, 3.05) is 11.1 Å². The number of pyridine rings is 1. The molecule has 3 aromatic rings. The highest BCUT2D eigenvalue weighted by Gasteiger charge is 2.16. The standard InChI is InChI=1S/C15H12ClN3OS/c1-8-2-4-10(7-18-8)19-15(20)14-13(17)11-6-9(16)3-5-12(11)21-14/h2-7H,17H2,1H3,(H,19,20). The number of halogens is 1. The van der Waals surface area contributed by atoms with Crippen molar-refractivity contribution in [3.05, 3.63) is 52.1 Å². The number of rotatable bonds is 2. The average Bonchev–Trinajstić information content (AvgIpc) is 2.79. The van der Waals surface area contributed by atoms with Crippen molar-refractivity contribution in [3.63, 3.8) is 0 Å². The van der Waals surface area contributed by atoms with Crippen LogP contribution in [0.4, 0.5) is 11.4 Å². The molecule has 2 heterocycles. The topological polar surface area (TPSA) is 68.0 Å². The van der Waals surface area contributed by atoms with Crippen molar-refractivity contribution in [3.8, 4) is 0 Å². The zero-order valence-electron chi connectivity index (χ0n) is 11.2. The molecule has 0 spiro atoms. The lowest BCUT2D eigenvalue weighted by Gasteiger charge is -2.04. The van der Waals surface area contributed by atoms with Crippen molar-refractivity contribution >= 4 is 50.3 Å². The van der Waals surface area contributed by atoms with Gasteiger partial charge in [-0.3, -0.25) is 9.78 Å². The van der Waals surface area contributed by atoms with E-state index in [2.05, 4.69) is 10.3 Å². The molecule has 0 fully saturated rings. The van der Waals surface area contributed by atoms with Crippen molar-refractivity contribution in [2.45, 2.75) is 6.92 Å².